The zero-order valence-corrected chi connectivity index (χ0v) is 17.5. The van der Waals surface area contributed by atoms with E-state index in [4.69, 9.17) is 4.43 Å². The van der Waals surface area contributed by atoms with Crippen molar-refractivity contribution in [3.8, 4) is 0 Å². The Labute approximate surface area is 144 Å². The van der Waals surface area contributed by atoms with Gasteiger partial charge in [-0.2, -0.15) is 0 Å². The zero-order chi connectivity index (χ0) is 18.3. The van der Waals surface area contributed by atoms with E-state index in [-0.39, 0.29) is 10.8 Å². The highest BCUT2D eigenvalue weighted by molar-refractivity contribution is 6.74. The molecule has 0 aliphatic heterocycles. The molecule has 0 saturated heterocycles. The lowest BCUT2D eigenvalue weighted by Crippen LogP contribution is -2.41. The molecule has 0 bridgehead atoms. The third-order valence-corrected chi connectivity index (χ3v) is 9.42. The number of hydrogen-bond donors (Lipinski definition) is 1. The van der Waals surface area contributed by atoms with Gasteiger partial charge in [0.25, 0.3) is 0 Å². The standard InChI is InChI=1S/C19H38O3Si/c1-15(12-13-18(21)17(3)20)10-9-11-16(2)14-22-23(7,8)19(4,5)6/h12,16-17,20H,9-11,13-14H2,1-8H3. The lowest BCUT2D eigenvalue weighted by molar-refractivity contribution is -0.125. The molecule has 136 valence electrons. The first-order valence-corrected chi connectivity index (χ1v) is 11.8. The Hall–Kier alpha value is -0.453. The quantitative estimate of drug-likeness (QED) is 0.444. The van der Waals surface area contributed by atoms with Gasteiger partial charge in [0.15, 0.2) is 14.1 Å². The van der Waals surface area contributed by atoms with E-state index in [1.165, 1.54) is 12.5 Å². The summed E-state index contributed by atoms with van der Waals surface area (Å²) in [6.45, 7) is 18.1. The molecule has 0 aromatic rings. The molecule has 3 nitrogen and oxygen atoms in total. The first-order chi connectivity index (χ1) is 10.4. The second-order valence-electron chi connectivity index (χ2n) is 8.47. The molecule has 1 N–H and O–H groups in total. The first kappa shape index (κ1) is 22.5. The molecule has 0 rings (SSSR count). The van der Waals surface area contributed by atoms with E-state index >= 15 is 0 Å². The Bertz CT molecular complexity index is 392. The van der Waals surface area contributed by atoms with Gasteiger partial charge in [0.1, 0.15) is 6.10 Å². The van der Waals surface area contributed by atoms with Gasteiger partial charge in [0, 0.05) is 13.0 Å². The SMILES string of the molecule is CC(=CCC(=O)C(C)O)CCCC(C)CO[Si](C)(C)C(C)(C)C. The van der Waals surface area contributed by atoms with E-state index in [0.29, 0.717) is 12.3 Å². The maximum absolute atomic E-state index is 11.4. The second kappa shape index (κ2) is 9.75. The molecule has 2 unspecified atom stereocenters. The molecule has 0 aliphatic carbocycles. The Morgan fingerprint density at radius 2 is 1.83 bits per heavy atom. The van der Waals surface area contributed by atoms with Crippen LogP contribution in [0.4, 0.5) is 0 Å². The Morgan fingerprint density at radius 1 is 1.26 bits per heavy atom. The topological polar surface area (TPSA) is 46.5 Å². The molecule has 23 heavy (non-hydrogen) atoms. The number of hydrogen-bond acceptors (Lipinski definition) is 3. The second-order valence-corrected chi connectivity index (χ2v) is 13.3. The minimum Gasteiger partial charge on any atom is -0.417 e. The van der Waals surface area contributed by atoms with Gasteiger partial charge in [0.05, 0.1) is 0 Å². The third kappa shape index (κ3) is 9.43. The molecular weight excluding hydrogens is 304 g/mol. The van der Waals surface area contributed by atoms with Crippen LogP contribution in [0.5, 0.6) is 0 Å². The molecule has 0 spiro atoms. The van der Waals surface area contributed by atoms with Crippen LogP contribution in [-0.4, -0.2) is 31.9 Å². The number of aliphatic hydroxyl groups excluding tert-OH is 1. The number of aliphatic hydroxyl groups is 1. The van der Waals surface area contributed by atoms with Crippen molar-refractivity contribution in [3.63, 3.8) is 0 Å². The van der Waals surface area contributed by atoms with Crippen LogP contribution in [0.2, 0.25) is 18.1 Å². The van der Waals surface area contributed by atoms with Crippen LogP contribution in [0, 0.1) is 5.92 Å². The van der Waals surface area contributed by atoms with Crippen molar-refractivity contribution in [2.24, 2.45) is 5.92 Å². The largest absolute Gasteiger partial charge is 0.417 e. The average Bonchev–Trinajstić information content (AvgIpc) is 2.41. The lowest BCUT2D eigenvalue weighted by atomic mass is 10.0. The van der Waals surface area contributed by atoms with E-state index in [0.717, 1.165) is 25.9 Å². The van der Waals surface area contributed by atoms with Crippen molar-refractivity contribution in [2.45, 2.75) is 91.5 Å². The monoisotopic (exact) mass is 342 g/mol. The van der Waals surface area contributed by atoms with Crippen molar-refractivity contribution < 1.29 is 14.3 Å². The molecule has 0 saturated carbocycles. The van der Waals surface area contributed by atoms with Gasteiger partial charge in [-0.3, -0.25) is 4.79 Å². The summed E-state index contributed by atoms with van der Waals surface area (Å²) in [6, 6.07) is 0. The highest BCUT2D eigenvalue weighted by Crippen LogP contribution is 2.36. The number of ketones is 1. The fraction of sp³-hybridized carbons (Fsp3) is 0.842. The van der Waals surface area contributed by atoms with Gasteiger partial charge in [0.2, 0.25) is 0 Å². The number of carbonyl (C=O) groups is 1. The average molecular weight is 343 g/mol. The fourth-order valence-electron chi connectivity index (χ4n) is 1.93. The Balaban J connectivity index is 4.05. The predicted molar refractivity (Wildman–Crippen MR) is 101 cm³/mol. The molecule has 0 aromatic carbocycles. The van der Waals surface area contributed by atoms with Crippen LogP contribution >= 0.6 is 0 Å². The lowest BCUT2D eigenvalue weighted by Gasteiger charge is -2.37. The Morgan fingerprint density at radius 3 is 2.30 bits per heavy atom. The van der Waals surface area contributed by atoms with Crippen molar-refractivity contribution in [2.75, 3.05) is 6.61 Å². The maximum Gasteiger partial charge on any atom is 0.191 e. The third-order valence-electron chi connectivity index (χ3n) is 4.92. The molecule has 2 atom stereocenters. The van der Waals surface area contributed by atoms with E-state index in [2.05, 4.69) is 47.7 Å². The summed E-state index contributed by atoms with van der Waals surface area (Å²) >= 11 is 0. The van der Waals surface area contributed by atoms with Gasteiger partial charge >= 0.3 is 0 Å². The fourth-order valence-corrected chi connectivity index (χ4v) is 3.06. The van der Waals surface area contributed by atoms with Gasteiger partial charge < -0.3 is 9.53 Å². The first-order valence-electron chi connectivity index (χ1n) is 8.87. The van der Waals surface area contributed by atoms with Crippen LogP contribution in [0.1, 0.15) is 67.2 Å². The van der Waals surface area contributed by atoms with Gasteiger partial charge in [-0.15, -0.1) is 0 Å². The summed E-state index contributed by atoms with van der Waals surface area (Å²) in [4.78, 5) is 11.4. The molecule has 0 aromatic heterocycles. The minimum atomic E-state index is -1.64. The number of carbonyl (C=O) groups excluding carboxylic acids is 1. The normalized spacial score (nSPS) is 16.3. The van der Waals surface area contributed by atoms with Gasteiger partial charge in [-0.25, -0.2) is 0 Å². The highest BCUT2D eigenvalue weighted by atomic mass is 28.4. The maximum atomic E-state index is 11.4. The van der Waals surface area contributed by atoms with Crippen LogP contribution in [0.25, 0.3) is 0 Å². The number of allylic oxidation sites excluding steroid dienone is 2. The minimum absolute atomic E-state index is 0.111. The predicted octanol–water partition coefficient (Wildman–Crippen LogP) is 5.10. The zero-order valence-electron chi connectivity index (χ0n) is 16.5. The van der Waals surface area contributed by atoms with E-state index in [1.807, 2.05) is 6.08 Å². The van der Waals surface area contributed by atoms with Gasteiger partial charge in [-0.1, -0.05) is 39.3 Å². The molecule has 0 heterocycles. The summed E-state index contributed by atoms with van der Waals surface area (Å²) in [7, 11) is -1.64. The Kier molecular flexibility index (Phi) is 9.56. The van der Waals surface area contributed by atoms with E-state index in [1.54, 1.807) is 0 Å². The van der Waals surface area contributed by atoms with Crippen LogP contribution in [0.15, 0.2) is 11.6 Å². The smallest absolute Gasteiger partial charge is 0.191 e. The summed E-state index contributed by atoms with van der Waals surface area (Å²) in [5, 5.41) is 9.44. The van der Waals surface area contributed by atoms with Crippen molar-refractivity contribution in [3.05, 3.63) is 11.6 Å². The van der Waals surface area contributed by atoms with E-state index in [9.17, 15) is 9.90 Å². The molecule has 0 fully saturated rings. The van der Waals surface area contributed by atoms with Crippen LogP contribution < -0.4 is 0 Å². The van der Waals surface area contributed by atoms with Crippen molar-refractivity contribution >= 4 is 14.1 Å². The molecule has 0 amide bonds. The highest BCUT2D eigenvalue weighted by Gasteiger charge is 2.37. The van der Waals surface area contributed by atoms with Crippen molar-refractivity contribution in [1.82, 2.24) is 0 Å². The summed E-state index contributed by atoms with van der Waals surface area (Å²) in [6.07, 6.45) is 4.71. The molecule has 0 aliphatic rings. The number of Topliss-reactive ketones (excluding diaryl/α,β-unsaturated/α-hetero) is 1. The van der Waals surface area contributed by atoms with Gasteiger partial charge in [-0.05, 0) is 57.2 Å². The number of rotatable bonds is 10. The van der Waals surface area contributed by atoms with Crippen LogP contribution in [0.3, 0.4) is 0 Å². The summed E-state index contributed by atoms with van der Waals surface area (Å²) in [5.74, 6) is 0.455. The van der Waals surface area contributed by atoms with Crippen molar-refractivity contribution in [1.29, 1.82) is 0 Å². The molecular formula is C19H38O3Si. The molecule has 0 radical (unpaired) electrons. The summed E-state index contributed by atoms with van der Waals surface area (Å²) < 4.78 is 6.27. The molecule has 4 heteroatoms. The van der Waals surface area contributed by atoms with Crippen LogP contribution in [-0.2, 0) is 9.22 Å². The van der Waals surface area contributed by atoms with E-state index < -0.39 is 14.4 Å². The summed E-state index contributed by atoms with van der Waals surface area (Å²) in [5.41, 5.74) is 1.23.